The summed E-state index contributed by atoms with van der Waals surface area (Å²) in [6.07, 6.45) is 0.695. The lowest BCUT2D eigenvalue weighted by atomic mass is 10.0. The Morgan fingerprint density at radius 1 is 1.21 bits per heavy atom. The second-order valence-electron chi connectivity index (χ2n) is 8.40. The summed E-state index contributed by atoms with van der Waals surface area (Å²) in [5, 5.41) is 1.90. The first-order chi connectivity index (χ1) is 16.4. The zero-order chi connectivity index (χ0) is 24.2. The summed E-state index contributed by atoms with van der Waals surface area (Å²) in [5.74, 6) is 0.0231. The van der Waals surface area contributed by atoms with Crippen molar-refractivity contribution in [2.75, 3.05) is 27.2 Å². The summed E-state index contributed by atoms with van der Waals surface area (Å²) in [7, 11) is 3.16. The van der Waals surface area contributed by atoms with Crippen molar-refractivity contribution in [1.82, 2.24) is 19.4 Å². The molecule has 3 heterocycles. The molecule has 1 aromatic carbocycles. The van der Waals surface area contributed by atoms with Gasteiger partial charge in [0.1, 0.15) is 11.3 Å². The van der Waals surface area contributed by atoms with Crippen LogP contribution in [0.25, 0.3) is 0 Å². The molecule has 1 aliphatic rings. The summed E-state index contributed by atoms with van der Waals surface area (Å²) in [6.45, 7) is 3.51. The fraction of sp³-hybridized carbons (Fsp3) is 0.360. The molecule has 4 rings (SSSR count). The predicted octanol–water partition coefficient (Wildman–Crippen LogP) is 2.52. The minimum atomic E-state index is -0.242. The van der Waals surface area contributed by atoms with Gasteiger partial charge in [-0.05, 0) is 18.1 Å². The van der Waals surface area contributed by atoms with Crippen LogP contribution in [0.5, 0.6) is 5.75 Å². The second kappa shape index (κ2) is 10.2. The third-order valence-corrected chi connectivity index (χ3v) is 6.85. The number of ether oxygens (including phenoxy) is 1. The van der Waals surface area contributed by atoms with Crippen molar-refractivity contribution >= 4 is 23.2 Å². The fourth-order valence-electron chi connectivity index (χ4n) is 4.29. The van der Waals surface area contributed by atoms with E-state index in [0.717, 1.165) is 16.8 Å². The first-order valence-electron chi connectivity index (χ1n) is 11.1. The van der Waals surface area contributed by atoms with Crippen LogP contribution < -0.4 is 10.3 Å². The second-order valence-corrected chi connectivity index (χ2v) is 9.12. The number of pyridine rings is 1. The van der Waals surface area contributed by atoms with Gasteiger partial charge in [-0.15, -0.1) is 11.3 Å². The normalized spacial score (nSPS) is 13.2. The number of nitrogens with zero attached hydrogens (tertiary/aromatic N) is 4. The van der Waals surface area contributed by atoms with E-state index in [1.165, 1.54) is 24.5 Å². The molecule has 9 heteroatoms. The lowest BCUT2D eigenvalue weighted by Crippen LogP contribution is -2.35. The maximum atomic E-state index is 13.5. The lowest BCUT2D eigenvalue weighted by Gasteiger charge is -2.22. The highest BCUT2D eigenvalue weighted by atomic mass is 32.1. The van der Waals surface area contributed by atoms with Crippen molar-refractivity contribution in [3.8, 4) is 5.75 Å². The van der Waals surface area contributed by atoms with Gasteiger partial charge in [-0.2, -0.15) is 0 Å². The van der Waals surface area contributed by atoms with E-state index in [4.69, 9.17) is 4.74 Å². The van der Waals surface area contributed by atoms with Gasteiger partial charge in [0.15, 0.2) is 0 Å². The number of thiazole rings is 1. The Morgan fingerprint density at radius 2 is 2.00 bits per heavy atom. The smallest absolute Gasteiger partial charge is 0.259 e. The van der Waals surface area contributed by atoms with Crippen molar-refractivity contribution in [2.45, 2.75) is 32.9 Å². The van der Waals surface area contributed by atoms with Crippen LogP contribution in [0, 0.1) is 6.92 Å². The van der Waals surface area contributed by atoms with Gasteiger partial charge in [-0.1, -0.05) is 24.3 Å². The standard InChI is InChI=1S/C25H28N4O4S/c1-17-6-4-5-7-18(17)12-22(30)28-9-8-20-24(21(33-3)13-23(31)29(20)11-10-28)25(32)27(2)14-19-15-34-16-26-19/h4-7,13,15-16H,8-12,14H2,1-3H3. The molecule has 0 N–H and O–H groups in total. The van der Waals surface area contributed by atoms with E-state index in [0.29, 0.717) is 50.3 Å². The van der Waals surface area contributed by atoms with E-state index in [2.05, 4.69) is 4.98 Å². The average Bonchev–Trinajstić information content (AvgIpc) is 3.23. The number of benzene rings is 1. The quantitative estimate of drug-likeness (QED) is 0.541. The van der Waals surface area contributed by atoms with E-state index in [9.17, 15) is 14.4 Å². The van der Waals surface area contributed by atoms with E-state index >= 15 is 0 Å². The molecule has 0 unspecified atom stereocenters. The molecule has 0 spiro atoms. The lowest BCUT2D eigenvalue weighted by molar-refractivity contribution is -0.130. The topological polar surface area (TPSA) is 84.7 Å². The van der Waals surface area contributed by atoms with Crippen molar-refractivity contribution < 1.29 is 14.3 Å². The molecular weight excluding hydrogens is 452 g/mol. The van der Waals surface area contributed by atoms with Crippen molar-refractivity contribution in [3.63, 3.8) is 0 Å². The Kier molecular flexibility index (Phi) is 7.12. The average molecular weight is 481 g/mol. The highest BCUT2D eigenvalue weighted by Gasteiger charge is 2.28. The zero-order valence-electron chi connectivity index (χ0n) is 19.6. The van der Waals surface area contributed by atoms with Crippen LogP contribution in [0.4, 0.5) is 0 Å². The molecule has 1 aliphatic heterocycles. The molecular formula is C25H28N4O4S. The molecule has 178 valence electrons. The maximum Gasteiger partial charge on any atom is 0.259 e. The summed E-state index contributed by atoms with van der Waals surface area (Å²) in [5.41, 5.74) is 5.33. The van der Waals surface area contributed by atoms with Gasteiger partial charge in [0, 0.05) is 50.2 Å². The molecule has 2 amide bonds. The highest BCUT2D eigenvalue weighted by molar-refractivity contribution is 7.07. The van der Waals surface area contributed by atoms with Crippen molar-refractivity contribution in [1.29, 1.82) is 0 Å². The first kappa shape index (κ1) is 23.7. The Morgan fingerprint density at radius 3 is 2.71 bits per heavy atom. The van der Waals surface area contributed by atoms with E-state index in [1.807, 2.05) is 36.6 Å². The summed E-state index contributed by atoms with van der Waals surface area (Å²) in [4.78, 5) is 47.0. The number of aromatic nitrogens is 2. The molecule has 0 atom stereocenters. The molecule has 0 fully saturated rings. The van der Waals surface area contributed by atoms with Crippen LogP contribution in [0.3, 0.4) is 0 Å². The monoisotopic (exact) mass is 480 g/mol. The first-order valence-corrected chi connectivity index (χ1v) is 12.1. The van der Waals surface area contributed by atoms with E-state index < -0.39 is 0 Å². The molecule has 0 aliphatic carbocycles. The van der Waals surface area contributed by atoms with E-state index in [-0.39, 0.29) is 23.1 Å². The van der Waals surface area contributed by atoms with Gasteiger partial charge in [0.25, 0.3) is 11.5 Å². The predicted molar refractivity (Wildman–Crippen MR) is 130 cm³/mol. The minimum Gasteiger partial charge on any atom is -0.496 e. The van der Waals surface area contributed by atoms with Crippen LogP contribution in [0.1, 0.15) is 32.9 Å². The molecule has 3 aromatic rings. The Hall–Kier alpha value is -3.46. The molecule has 0 bridgehead atoms. The van der Waals surface area contributed by atoms with E-state index in [1.54, 1.807) is 26.9 Å². The summed E-state index contributed by atoms with van der Waals surface area (Å²) < 4.78 is 7.06. The maximum absolute atomic E-state index is 13.5. The molecule has 0 radical (unpaired) electrons. The number of hydrogen-bond donors (Lipinski definition) is 0. The number of fused-ring (bicyclic) bond motifs is 1. The van der Waals surface area contributed by atoms with Gasteiger partial charge in [0.05, 0.1) is 31.3 Å². The number of methoxy groups -OCH3 is 1. The molecule has 0 saturated heterocycles. The van der Waals surface area contributed by atoms with Crippen LogP contribution in [0.15, 0.2) is 46.0 Å². The Bertz CT molecular complexity index is 1250. The fourth-order valence-corrected chi connectivity index (χ4v) is 4.84. The van der Waals surface area contributed by atoms with Crippen LogP contribution in [0.2, 0.25) is 0 Å². The third-order valence-electron chi connectivity index (χ3n) is 6.21. The summed E-state index contributed by atoms with van der Waals surface area (Å²) >= 11 is 1.47. The van der Waals surface area contributed by atoms with Gasteiger partial charge in [-0.3, -0.25) is 14.4 Å². The number of carbonyl (C=O) groups is 2. The molecule has 34 heavy (non-hydrogen) atoms. The van der Waals surface area contributed by atoms with Crippen LogP contribution in [-0.4, -0.2) is 58.4 Å². The number of amides is 2. The molecule has 2 aromatic heterocycles. The molecule has 8 nitrogen and oxygen atoms in total. The summed E-state index contributed by atoms with van der Waals surface area (Å²) in [6, 6.07) is 9.20. The van der Waals surface area contributed by atoms with Crippen molar-refractivity contribution in [3.05, 3.63) is 79.7 Å². The van der Waals surface area contributed by atoms with Gasteiger partial charge >= 0.3 is 0 Å². The van der Waals surface area contributed by atoms with Gasteiger partial charge in [0.2, 0.25) is 5.91 Å². The van der Waals surface area contributed by atoms with Crippen LogP contribution >= 0.6 is 11.3 Å². The minimum absolute atomic E-state index is 0.00986. The van der Waals surface area contributed by atoms with Gasteiger partial charge in [-0.25, -0.2) is 4.98 Å². The number of rotatable bonds is 6. The SMILES string of the molecule is COc1cc(=O)n2c(c1C(=O)N(C)Cc1cscn1)CCN(C(=O)Cc1ccccc1C)CC2. The third kappa shape index (κ3) is 4.89. The highest BCUT2D eigenvalue weighted by Crippen LogP contribution is 2.25. The van der Waals surface area contributed by atoms with Gasteiger partial charge < -0.3 is 19.1 Å². The number of hydrogen-bond acceptors (Lipinski definition) is 6. The largest absolute Gasteiger partial charge is 0.496 e. The Labute approximate surface area is 202 Å². The molecule has 0 saturated carbocycles. The van der Waals surface area contributed by atoms with Crippen molar-refractivity contribution in [2.24, 2.45) is 0 Å². The zero-order valence-corrected chi connectivity index (χ0v) is 20.4. The number of carbonyl (C=O) groups excluding carboxylic acids is 2. The number of aryl methyl sites for hydroxylation is 1. The Balaban J connectivity index is 1.60. The van der Waals surface area contributed by atoms with Crippen LogP contribution in [-0.2, 0) is 30.7 Å².